The van der Waals surface area contributed by atoms with E-state index >= 15 is 0 Å². The number of carboxylic acid groups (broad SMARTS) is 1. The molecule has 0 aliphatic heterocycles. The fourth-order valence-electron chi connectivity index (χ4n) is 2.79. The smallest absolute Gasteiger partial charge is 0.307 e. The SMILES string of the molecule is CN(Cc1csc(Br)c1)C(=O)[C@@H]1CCCC[C@@H]1C(=O)O. The minimum Gasteiger partial charge on any atom is -0.481 e. The number of thiophene rings is 1. The third kappa shape index (κ3) is 3.61. The number of carbonyl (C=O) groups excluding carboxylic acids is 1. The van der Waals surface area contributed by atoms with Crippen molar-refractivity contribution in [1.29, 1.82) is 0 Å². The Bertz CT molecular complexity index is 502. The number of hydrogen-bond acceptors (Lipinski definition) is 3. The van der Waals surface area contributed by atoms with Gasteiger partial charge in [-0.25, -0.2) is 0 Å². The van der Waals surface area contributed by atoms with E-state index in [0.717, 1.165) is 22.2 Å². The number of hydrogen-bond donors (Lipinski definition) is 1. The van der Waals surface area contributed by atoms with Crippen LogP contribution in [0.5, 0.6) is 0 Å². The summed E-state index contributed by atoms with van der Waals surface area (Å²) < 4.78 is 1.04. The summed E-state index contributed by atoms with van der Waals surface area (Å²) in [5.74, 6) is -1.77. The van der Waals surface area contributed by atoms with E-state index in [9.17, 15) is 14.7 Å². The second-order valence-electron chi connectivity index (χ2n) is 5.29. The molecule has 110 valence electrons. The monoisotopic (exact) mass is 359 g/mol. The predicted octanol–water partition coefficient (Wildman–Crippen LogP) is 3.36. The first kappa shape index (κ1) is 15.5. The zero-order valence-electron chi connectivity index (χ0n) is 11.3. The van der Waals surface area contributed by atoms with E-state index in [0.29, 0.717) is 19.4 Å². The first-order valence-corrected chi connectivity index (χ1v) is 8.37. The Kier molecular flexibility index (Phi) is 5.21. The highest BCUT2D eigenvalue weighted by molar-refractivity contribution is 9.11. The number of aliphatic carboxylic acids is 1. The predicted molar refractivity (Wildman–Crippen MR) is 81.6 cm³/mol. The Morgan fingerprint density at radius 2 is 2.05 bits per heavy atom. The average Bonchev–Trinajstić information content (AvgIpc) is 2.83. The Morgan fingerprint density at radius 3 is 2.60 bits per heavy atom. The second kappa shape index (κ2) is 6.72. The molecule has 1 heterocycles. The van der Waals surface area contributed by atoms with Crippen molar-refractivity contribution in [3.8, 4) is 0 Å². The fourth-order valence-corrected chi connectivity index (χ4v) is 3.99. The zero-order valence-corrected chi connectivity index (χ0v) is 13.7. The molecule has 0 saturated heterocycles. The van der Waals surface area contributed by atoms with Crippen LogP contribution in [0.2, 0.25) is 0 Å². The molecule has 0 aromatic carbocycles. The van der Waals surface area contributed by atoms with E-state index in [1.807, 2.05) is 11.4 Å². The minimum absolute atomic E-state index is 0.0422. The van der Waals surface area contributed by atoms with Crippen LogP contribution in [0, 0.1) is 11.8 Å². The number of rotatable bonds is 4. The lowest BCUT2D eigenvalue weighted by Gasteiger charge is -2.30. The highest BCUT2D eigenvalue weighted by Gasteiger charge is 2.37. The van der Waals surface area contributed by atoms with Gasteiger partial charge in [-0.05, 0) is 45.8 Å². The normalized spacial score (nSPS) is 22.5. The van der Waals surface area contributed by atoms with E-state index in [1.165, 1.54) is 0 Å². The minimum atomic E-state index is -0.838. The zero-order chi connectivity index (χ0) is 14.7. The van der Waals surface area contributed by atoms with E-state index < -0.39 is 11.9 Å². The topological polar surface area (TPSA) is 57.6 Å². The van der Waals surface area contributed by atoms with E-state index in [-0.39, 0.29) is 11.8 Å². The van der Waals surface area contributed by atoms with Gasteiger partial charge in [0, 0.05) is 13.6 Å². The van der Waals surface area contributed by atoms with Crippen LogP contribution in [0.4, 0.5) is 0 Å². The molecule has 1 aromatic heterocycles. The van der Waals surface area contributed by atoms with Crippen LogP contribution in [-0.4, -0.2) is 28.9 Å². The van der Waals surface area contributed by atoms with Gasteiger partial charge < -0.3 is 10.0 Å². The summed E-state index contributed by atoms with van der Waals surface area (Å²) in [5, 5.41) is 11.3. The maximum absolute atomic E-state index is 12.5. The van der Waals surface area contributed by atoms with Crippen LogP contribution in [0.1, 0.15) is 31.2 Å². The van der Waals surface area contributed by atoms with Crippen LogP contribution in [0.15, 0.2) is 15.2 Å². The van der Waals surface area contributed by atoms with Gasteiger partial charge in [0.2, 0.25) is 5.91 Å². The van der Waals surface area contributed by atoms with Crippen LogP contribution in [-0.2, 0) is 16.1 Å². The van der Waals surface area contributed by atoms with E-state index in [1.54, 1.807) is 23.3 Å². The van der Waals surface area contributed by atoms with Gasteiger partial charge in [-0.15, -0.1) is 11.3 Å². The molecule has 1 amide bonds. The highest BCUT2D eigenvalue weighted by atomic mass is 79.9. The van der Waals surface area contributed by atoms with Crippen LogP contribution >= 0.6 is 27.3 Å². The number of amides is 1. The molecule has 4 nitrogen and oxygen atoms in total. The maximum atomic E-state index is 12.5. The molecule has 1 fully saturated rings. The van der Waals surface area contributed by atoms with E-state index in [4.69, 9.17) is 0 Å². The van der Waals surface area contributed by atoms with Crippen LogP contribution in [0.25, 0.3) is 0 Å². The van der Waals surface area contributed by atoms with E-state index in [2.05, 4.69) is 15.9 Å². The van der Waals surface area contributed by atoms with Gasteiger partial charge in [0.05, 0.1) is 15.6 Å². The van der Waals surface area contributed by atoms with Gasteiger partial charge in [-0.3, -0.25) is 9.59 Å². The Hall–Kier alpha value is -0.880. The number of carboxylic acids is 1. The molecule has 2 rings (SSSR count). The Labute approximate surface area is 130 Å². The summed E-state index contributed by atoms with van der Waals surface area (Å²) in [5.41, 5.74) is 1.07. The third-order valence-electron chi connectivity index (χ3n) is 3.82. The average molecular weight is 360 g/mol. The molecule has 1 aromatic rings. The lowest BCUT2D eigenvalue weighted by Crippen LogP contribution is -2.40. The molecule has 6 heteroatoms. The molecular weight excluding hydrogens is 342 g/mol. The van der Waals surface area contributed by atoms with Gasteiger partial charge in [-0.2, -0.15) is 0 Å². The Morgan fingerprint density at radius 1 is 1.40 bits per heavy atom. The first-order chi connectivity index (χ1) is 9.49. The van der Waals surface area contributed by atoms with Gasteiger partial charge in [-0.1, -0.05) is 12.8 Å². The van der Waals surface area contributed by atoms with Gasteiger partial charge in [0.15, 0.2) is 0 Å². The number of halogens is 1. The van der Waals surface area contributed by atoms with Crippen molar-refractivity contribution in [2.24, 2.45) is 11.8 Å². The number of carbonyl (C=O) groups is 2. The van der Waals surface area contributed by atoms with Crippen molar-refractivity contribution in [1.82, 2.24) is 4.90 Å². The molecule has 1 aliphatic carbocycles. The summed E-state index contributed by atoms with van der Waals surface area (Å²) >= 11 is 4.99. The molecule has 0 radical (unpaired) electrons. The van der Waals surface area contributed by atoms with Gasteiger partial charge >= 0.3 is 5.97 Å². The van der Waals surface area contributed by atoms with Crippen molar-refractivity contribution >= 4 is 39.1 Å². The molecule has 0 unspecified atom stereocenters. The van der Waals surface area contributed by atoms with Crippen molar-refractivity contribution in [3.63, 3.8) is 0 Å². The van der Waals surface area contributed by atoms with Crippen molar-refractivity contribution in [2.75, 3.05) is 7.05 Å². The largest absolute Gasteiger partial charge is 0.481 e. The van der Waals surface area contributed by atoms with Gasteiger partial charge in [0.1, 0.15) is 0 Å². The quantitative estimate of drug-likeness (QED) is 0.896. The summed E-state index contributed by atoms with van der Waals surface area (Å²) in [7, 11) is 1.75. The molecule has 1 aliphatic rings. The molecule has 0 bridgehead atoms. The second-order valence-corrected chi connectivity index (χ2v) is 7.58. The van der Waals surface area contributed by atoms with Crippen molar-refractivity contribution in [2.45, 2.75) is 32.2 Å². The third-order valence-corrected chi connectivity index (χ3v) is 5.37. The lowest BCUT2D eigenvalue weighted by atomic mass is 9.78. The van der Waals surface area contributed by atoms with Gasteiger partial charge in [0.25, 0.3) is 0 Å². The lowest BCUT2D eigenvalue weighted by molar-refractivity contribution is -0.152. The Balaban J connectivity index is 2.02. The molecule has 0 spiro atoms. The standard InChI is InChI=1S/C14H18BrNO3S/c1-16(7-9-6-12(15)20-8-9)13(17)10-4-2-3-5-11(10)14(18)19/h6,8,10-11H,2-5,7H2,1H3,(H,18,19)/t10-,11+/m1/s1. The summed E-state index contributed by atoms with van der Waals surface area (Å²) in [4.78, 5) is 25.4. The molecule has 1 N–H and O–H groups in total. The fraction of sp³-hybridized carbons (Fsp3) is 0.571. The highest BCUT2D eigenvalue weighted by Crippen LogP contribution is 2.32. The van der Waals surface area contributed by atoms with Crippen molar-refractivity contribution < 1.29 is 14.7 Å². The molecule has 20 heavy (non-hydrogen) atoms. The first-order valence-electron chi connectivity index (χ1n) is 6.69. The van der Waals surface area contributed by atoms with Crippen molar-refractivity contribution in [3.05, 3.63) is 20.8 Å². The maximum Gasteiger partial charge on any atom is 0.307 e. The molecule has 1 saturated carbocycles. The summed E-state index contributed by atoms with van der Waals surface area (Å²) in [6.07, 6.45) is 3.15. The van der Waals surface area contributed by atoms with Crippen LogP contribution in [0.3, 0.4) is 0 Å². The molecular formula is C14H18BrNO3S. The van der Waals surface area contributed by atoms with Crippen LogP contribution < -0.4 is 0 Å². The summed E-state index contributed by atoms with van der Waals surface area (Å²) in [6, 6.07) is 1.99. The number of nitrogens with zero attached hydrogens (tertiary/aromatic N) is 1. The summed E-state index contributed by atoms with van der Waals surface area (Å²) in [6.45, 7) is 0.532. The molecule has 2 atom stereocenters.